The molecule has 0 amide bonds. The van der Waals surface area contributed by atoms with Gasteiger partial charge >= 0.3 is 5.97 Å². The lowest BCUT2D eigenvalue weighted by Crippen LogP contribution is -2.19. The van der Waals surface area contributed by atoms with Crippen molar-refractivity contribution >= 4 is 29.2 Å². The number of aliphatic hydroxyl groups excluding tert-OH is 1. The maximum Gasteiger partial charge on any atom is 0.306 e. The monoisotopic (exact) mass is 353 g/mol. The van der Waals surface area contributed by atoms with Gasteiger partial charge in [0.05, 0.1) is 17.0 Å². The second kappa shape index (κ2) is 7.77. The van der Waals surface area contributed by atoms with Crippen molar-refractivity contribution < 1.29 is 15.0 Å². The Morgan fingerprint density at radius 3 is 2.35 bits per heavy atom. The van der Waals surface area contributed by atoms with E-state index < -0.39 is 23.9 Å². The zero-order valence-corrected chi connectivity index (χ0v) is 14.0. The number of hydrogen-bond acceptors (Lipinski definition) is 3. The quantitative estimate of drug-likeness (QED) is 0.811. The molecular weight excluding hydrogens is 337 g/mol. The number of hydrogen-bond donors (Lipinski definition) is 2. The first-order valence-electron chi connectivity index (χ1n) is 7.15. The Labute approximate surface area is 144 Å². The third kappa shape index (κ3) is 4.67. The molecule has 2 rings (SSSR count). The van der Waals surface area contributed by atoms with Gasteiger partial charge in [0.25, 0.3) is 0 Å². The molecule has 6 heteroatoms. The first-order chi connectivity index (χ1) is 10.9. The standard InChI is InChI=1S/C17H17Cl2NO3/c1-10(17(22)23)6-15(12-7-14(19)9-20-8-12)16(21)11-2-4-13(18)5-3-11/h2-5,7-10,15-16,21H,6H2,1H3,(H,22,23)/t10?,15-,16+/m1/s1. The van der Waals surface area contributed by atoms with Crippen LogP contribution in [0.15, 0.2) is 42.7 Å². The molecule has 0 fully saturated rings. The van der Waals surface area contributed by atoms with Crippen molar-refractivity contribution in [1.29, 1.82) is 0 Å². The summed E-state index contributed by atoms with van der Waals surface area (Å²) in [6.45, 7) is 1.61. The molecule has 23 heavy (non-hydrogen) atoms. The van der Waals surface area contributed by atoms with E-state index in [-0.39, 0.29) is 6.42 Å². The summed E-state index contributed by atoms with van der Waals surface area (Å²) in [6.07, 6.45) is 2.48. The Bertz CT molecular complexity index is 676. The van der Waals surface area contributed by atoms with Crippen molar-refractivity contribution in [3.05, 3.63) is 63.9 Å². The zero-order chi connectivity index (χ0) is 17.0. The van der Waals surface area contributed by atoms with Crippen LogP contribution in [-0.4, -0.2) is 21.2 Å². The molecule has 1 heterocycles. The number of aliphatic hydroxyl groups is 1. The normalized spacial score (nSPS) is 15.0. The van der Waals surface area contributed by atoms with Crippen molar-refractivity contribution in [2.24, 2.45) is 5.92 Å². The van der Waals surface area contributed by atoms with Gasteiger partial charge < -0.3 is 10.2 Å². The minimum absolute atomic E-state index is 0.265. The van der Waals surface area contributed by atoms with Gasteiger partial charge in [-0.05, 0) is 35.7 Å². The lowest BCUT2D eigenvalue weighted by atomic mass is 9.83. The lowest BCUT2D eigenvalue weighted by molar-refractivity contribution is -0.141. The highest BCUT2D eigenvalue weighted by Crippen LogP contribution is 2.37. The molecular formula is C17H17Cl2NO3. The van der Waals surface area contributed by atoms with Crippen molar-refractivity contribution in [3.8, 4) is 0 Å². The second-order valence-electron chi connectivity index (χ2n) is 5.51. The van der Waals surface area contributed by atoms with E-state index in [2.05, 4.69) is 4.98 Å². The summed E-state index contributed by atoms with van der Waals surface area (Å²) in [6, 6.07) is 8.53. The SMILES string of the molecule is CC(C[C@H](c1cncc(Cl)c1)[C@@H](O)c1ccc(Cl)cc1)C(=O)O. The number of halogens is 2. The van der Waals surface area contributed by atoms with Crippen molar-refractivity contribution in [2.45, 2.75) is 25.4 Å². The summed E-state index contributed by atoms with van der Waals surface area (Å²) < 4.78 is 0. The van der Waals surface area contributed by atoms with Gasteiger partial charge in [-0.2, -0.15) is 0 Å². The van der Waals surface area contributed by atoms with Crippen LogP contribution in [0.5, 0.6) is 0 Å². The average molecular weight is 354 g/mol. The molecule has 2 aromatic rings. The smallest absolute Gasteiger partial charge is 0.306 e. The van der Waals surface area contributed by atoms with Gasteiger partial charge in [0.15, 0.2) is 0 Å². The molecule has 2 N–H and O–H groups in total. The minimum Gasteiger partial charge on any atom is -0.481 e. The molecule has 0 bridgehead atoms. The maximum absolute atomic E-state index is 11.2. The maximum atomic E-state index is 11.2. The van der Waals surface area contributed by atoms with Crippen LogP contribution >= 0.6 is 23.2 Å². The molecule has 0 radical (unpaired) electrons. The Kier molecular flexibility index (Phi) is 5.99. The van der Waals surface area contributed by atoms with Gasteiger partial charge in [0.2, 0.25) is 0 Å². The van der Waals surface area contributed by atoms with Gasteiger partial charge in [-0.25, -0.2) is 0 Å². The molecule has 0 aliphatic rings. The molecule has 1 aromatic carbocycles. The van der Waals surface area contributed by atoms with Gasteiger partial charge in [-0.3, -0.25) is 9.78 Å². The molecule has 0 aliphatic heterocycles. The fourth-order valence-electron chi connectivity index (χ4n) is 2.45. The largest absolute Gasteiger partial charge is 0.481 e. The summed E-state index contributed by atoms with van der Waals surface area (Å²) >= 11 is 11.9. The topological polar surface area (TPSA) is 70.4 Å². The number of rotatable bonds is 6. The van der Waals surface area contributed by atoms with Crippen LogP contribution in [0.2, 0.25) is 10.0 Å². The lowest BCUT2D eigenvalue weighted by Gasteiger charge is -2.25. The molecule has 1 aromatic heterocycles. The van der Waals surface area contributed by atoms with Gasteiger partial charge in [0, 0.05) is 23.3 Å². The number of pyridine rings is 1. The van der Waals surface area contributed by atoms with E-state index >= 15 is 0 Å². The Morgan fingerprint density at radius 1 is 1.13 bits per heavy atom. The van der Waals surface area contributed by atoms with Crippen LogP contribution in [0, 0.1) is 5.92 Å². The van der Waals surface area contributed by atoms with Crippen LogP contribution in [0.3, 0.4) is 0 Å². The number of aromatic nitrogens is 1. The fraction of sp³-hybridized carbons (Fsp3) is 0.294. The molecule has 3 atom stereocenters. The van der Waals surface area contributed by atoms with Gasteiger partial charge in [-0.15, -0.1) is 0 Å². The number of benzene rings is 1. The Morgan fingerprint density at radius 2 is 1.78 bits per heavy atom. The predicted molar refractivity (Wildman–Crippen MR) is 89.8 cm³/mol. The third-order valence-corrected chi connectivity index (χ3v) is 4.23. The molecule has 0 aliphatic carbocycles. The van der Waals surface area contributed by atoms with Crippen LogP contribution in [-0.2, 0) is 4.79 Å². The van der Waals surface area contributed by atoms with E-state index in [4.69, 9.17) is 23.2 Å². The van der Waals surface area contributed by atoms with E-state index in [9.17, 15) is 15.0 Å². The van der Waals surface area contributed by atoms with E-state index in [1.807, 2.05) is 0 Å². The average Bonchev–Trinajstić information content (AvgIpc) is 2.52. The third-order valence-electron chi connectivity index (χ3n) is 3.78. The van der Waals surface area contributed by atoms with E-state index in [1.165, 1.54) is 6.20 Å². The number of carbonyl (C=O) groups is 1. The number of nitrogens with zero attached hydrogens (tertiary/aromatic N) is 1. The van der Waals surface area contributed by atoms with E-state index in [0.717, 1.165) is 0 Å². The van der Waals surface area contributed by atoms with Crippen LogP contribution in [0.1, 0.15) is 36.5 Å². The summed E-state index contributed by atoms with van der Waals surface area (Å²) in [5.41, 5.74) is 1.37. The van der Waals surface area contributed by atoms with E-state index in [0.29, 0.717) is 21.2 Å². The van der Waals surface area contributed by atoms with E-state index in [1.54, 1.807) is 43.5 Å². The molecule has 0 saturated heterocycles. The molecule has 0 spiro atoms. The summed E-state index contributed by atoms with van der Waals surface area (Å²) in [7, 11) is 0. The second-order valence-corrected chi connectivity index (χ2v) is 6.39. The van der Waals surface area contributed by atoms with Gasteiger partial charge in [0.1, 0.15) is 0 Å². The van der Waals surface area contributed by atoms with Crippen molar-refractivity contribution in [2.75, 3.05) is 0 Å². The molecule has 4 nitrogen and oxygen atoms in total. The molecule has 122 valence electrons. The van der Waals surface area contributed by atoms with Crippen LogP contribution in [0.25, 0.3) is 0 Å². The highest BCUT2D eigenvalue weighted by Gasteiger charge is 2.27. The zero-order valence-electron chi connectivity index (χ0n) is 12.5. The first-order valence-corrected chi connectivity index (χ1v) is 7.91. The van der Waals surface area contributed by atoms with Crippen LogP contribution < -0.4 is 0 Å². The van der Waals surface area contributed by atoms with Crippen molar-refractivity contribution in [1.82, 2.24) is 4.98 Å². The highest BCUT2D eigenvalue weighted by atomic mass is 35.5. The molecule has 0 saturated carbocycles. The molecule has 1 unspecified atom stereocenters. The number of carboxylic acids is 1. The minimum atomic E-state index is -0.909. The predicted octanol–water partition coefficient (Wildman–Crippen LogP) is 4.32. The summed E-state index contributed by atoms with van der Waals surface area (Å²) in [4.78, 5) is 15.2. The van der Waals surface area contributed by atoms with Gasteiger partial charge in [-0.1, -0.05) is 42.3 Å². The van der Waals surface area contributed by atoms with Crippen LogP contribution in [0.4, 0.5) is 0 Å². The first kappa shape index (κ1) is 17.7. The summed E-state index contributed by atoms with van der Waals surface area (Å²) in [5, 5.41) is 20.9. The Hall–Kier alpha value is -1.62. The van der Waals surface area contributed by atoms with Crippen molar-refractivity contribution in [3.63, 3.8) is 0 Å². The highest BCUT2D eigenvalue weighted by molar-refractivity contribution is 6.30. The number of aliphatic carboxylic acids is 1. The fourth-order valence-corrected chi connectivity index (χ4v) is 2.76. The summed E-state index contributed by atoms with van der Waals surface area (Å²) in [5.74, 6) is -1.96. The Balaban J connectivity index is 2.35. The number of carboxylic acid groups (broad SMARTS) is 1.